The molecule has 30 heavy (non-hydrogen) atoms. The molecule has 0 saturated carbocycles. The summed E-state index contributed by atoms with van der Waals surface area (Å²) in [7, 11) is 2.11. The number of anilines is 2. The minimum atomic E-state index is 1.19. The van der Waals surface area contributed by atoms with Gasteiger partial charge in [0.1, 0.15) is 0 Å². The lowest BCUT2D eigenvalue weighted by Gasteiger charge is -2.19. The maximum atomic E-state index is 2.40. The topological polar surface area (TPSA) is 3.24 Å². The van der Waals surface area contributed by atoms with E-state index >= 15 is 0 Å². The zero-order chi connectivity index (χ0) is 20.3. The number of aryl methyl sites for hydroxylation is 2. The first-order valence-corrected chi connectivity index (χ1v) is 10.9. The molecule has 148 valence electrons. The second kappa shape index (κ2) is 8.20. The van der Waals surface area contributed by atoms with Gasteiger partial charge in [0.15, 0.2) is 0 Å². The Labute approximate surface area is 179 Å². The summed E-state index contributed by atoms with van der Waals surface area (Å²) in [5, 5.41) is 0. The van der Waals surface area contributed by atoms with Crippen LogP contribution in [0, 0.1) is 0 Å². The van der Waals surface area contributed by atoms with E-state index in [1.54, 1.807) is 11.1 Å². The molecule has 0 unspecified atom stereocenters. The Balaban J connectivity index is 1.35. The highest BCUT2D eigenvalue weighted by Crippen LogP contribution is 2.30. The van der Waals surface area contributed by atoms with Crippen molar-refractivity contribution in [2.75, 3.05) is 11.9 Å². The minimum absolute atomic E-state index is 1.19. The first-order valence-electron chi connectivity index (χ1n) is 10.9. The molecule has 0 spiro atoms. The Bertz CT molecular complexity index is 1130. The molecule has 1 aliphatic carbocycles. The molecule has 0 saturated heterocycles. The molecular weight excluding hydrogens is 362 g/mol. The second-order valence-electron chi connectivity index (χ2n) is 8.21. The summed E-state index contributed by atoms with van der Waals surface area (Å²) in [5.41, 5.74) is 10.6. The summed E-state index contributed by atoms with van der Waals surface area (Å²) >= 11 is 0. The lowest BCUT2D eigenvalue weighted by molar-refractivity contribution is 0.686. The van der Waals surface area contributed by atoms with Crippen LogP contribution in [0.2, 0.25) is 0 Å². The van der Waals surface area contributed by atoms with Gasteiger partial charge in [-0.05, 0) is 83.3 Å². The third-order valence-electron chi connectivity index (χ3n) is 6.30. The van der Waals surface area contributed by atoms with Crippen LogP contribution in [0.3, 0.4) is 0 Å². The Hall–Kier alpha value is -3.32. The third kappa shape index (κ3) is 3.76. The monoisotopic (exact) mass is 389 g/mol. The van der Waals surface area contributed by atoms with Gasteiger partial charge in [0.05, 0.1) is 0 Å². The van der Waals surface area contributed by atoms with Gasteiger partial charge >= 0.3 is 0 Å². The average molecular weight is 390 g/mol. The van der Waals surface area contributed by atoms with E-state index in [1.165, 1.54) is 59.3 Å². The van der Waals surface area contributed by atoms with E-state index in [0.29, 0.717) is 0 Å². The third-order valence-corrected chi connectivity index (χ3v) is 6.30. The SMILES string of the molecule is CN(c1ccccc1)c1ccc(-c2ccc(-c3ccc4c(c3)CCCC4)cc2)cc1. The molecule has 0 atom stereocenters. The lowest BCUT2D eigenvalue weighted by atomic mass is 9.89. The van der Waals surface area contributed by atoms with E-state index < -0.39 is 0 Å². The van der Waals surface area contributed by atoms with Crippen molar-refractivity contribution in [3.8, 4) is 22.3 Å². The fourth-order valence-corrected chi connectivity index (χ4v) is 4.45. The van der Waals surface area contributed by atoms with Gasteiger partial charge in [-0.1, -0.05) is 72.8 Å². The van der Waals surface area contributed by atoms with Crippen molar-refractivity contribution >= 4 is 11.4 Å². The maximum Gasteiger partial charge on any atom is 0.0408 e. The van der Waals surface area contributed by atoms with E-state index in [1.807, 2.05) is 6.07 Å². The quantitative estimate of drug-likeness (QED) is 0.346. The number of nitrogens with zero attached hydrogens (tertiary/aromatic N) is 1. The number of para-hydroxylation sites is 1. The van der Waals surface area contributed by atoms with E-state index in [4.69, 9.17) is 0 Å². The molecule has 0 radical (unpaired) electrons. The van der Waals surface area contributed by atoms with E-state index in [0.717, 1.165) is 0 Å². The van der Waals surface area contributed by atoms with Crippen LogP contribution in [-0.2, 0) is 12.8 Å². The van der Waals surface area contributed by atoms with Crippen LogP contribution in [0.1, 0.15) is 24.0 Å². The fraction of sp³-hybridized carbons (Fsp3) is 0.172. The summed E-state index contributed by atoms with van der Waals surface area (Å²) in [6.07, 6.45) is 5.13. The van der Waals surface area contributed by atoms with Gasteiger partial charge in [0.25, 0.3) is 0 Å². The molecule has 0 bridgehead atoms. The summed E-state index contributed by atoms with van der Waals surface area (Å²) in [6.45, 7) is 0. The molecule has 1 heteroatoms. The summed E-state index contributed by atoms with van der Waals surface area (Å²) in [5.74, 6) is 0. The van der Waals surface area contributed by atoms with Gasteiger partial charge in [0.2, 0.25) is 0 Å². The highest BCUT2D eigenvalue weighted by molar-refractivity contribution is 5.73. The second-order valence-corrected chi connectivity index (χ2v) is 8.21. The van der Waals surface area contributed by atoms with Crippen molar-refractivity contribution in [1.29, 1.82) is 0 Å². The zero-order valence-electron chi connectivity index (χ0n) is 17.5. The predicted octanol–water partition coefficient (Wildman–Crippen LogP) is 7.67. The lowest BCUT2D eigenvalue weighted by Crippen LogP contribution is -2.08. The molecule has 0 N–H and O–H groups in total. The molecule has 4 aromatic rings. The van der Waals surface area contributed by atoms with Crippen LogP contribution in [-0.4, -0.2) is 7.05 Å². The van der Waals surface area contributed by atoms with Crippen molar-refractivity contribution in [3.63, 3.8) is 0 Å². The van der Waals surface area contributed by atoms with Crippen molar-refractivity contribution < 1.29 is 0 Å². The van der Waals surface area contributed by atoms with Gasteiger partial charge in [-0.25, -0.2) is 0 Å². The Morgan fingerprint density at radius 2 is 1.00 bits per heavy atom. The molecule has 0 aliphatic heterocycles. The highest BCUT2D eigenvalue weighted by atomic mass is 15.1. The van der Waals surface area contributed by atoms with Gasteiger partial charge in [-0.2, -0.15) is 0 Å². The normalized spacial score (nSPS) is 13.0. The van der Waals surface area contributed by atoms with Crippen molar-refractivity contribution in [2.24, 2.45) is 0 Å². The summed E-state index contributed by atoms with van der Waals surface area (Å²) in [4.78, 5) is 2.21. The van der Waals surface area contributed by atoms with Crippen molar-refractivity contribution in [2.45, 2.75) is 25.7 Å². The van der Waals surface area contributed by atoms with E-state index in [2.05, 4.69) is 103 Å². The molecule has 1 aliphatic rings. The zero-order valence-corrected chi connectivity index (χ0v) is 17.5. The Kier molecular flexibility index (Phi) is 5.11. The molecule has 5 rings (SSSR count). The summed E-state index contributed by atoms with van der Waals surface area (Å²) in [6, 6.07) is 35.3. The Morgan fingerprint density at radius 1 is 0.500 bits per heavy atom. The highest BCUT2D eigenvalue weighted by Gasteiger charge is 2.10. The standard InChI is InChI=1S/C29H27N/c1-30(28-9-3-2-4-10-28)29-19-17-24(18-20-29)23-11-13-25(14-12-23)27-16-15-22-7-5-6-8-26(22)21-27/h2-4,9-21H,5-8H2,1H3. The molecule has 0 fully saturated rings. The van der Waals surface area contributed by atoms with E-state index in [-0.39, 0.29) is 0 Å². The van der Waals surface area contributed by atoms with Gasteiger partial charge < -0.3 is 4.90 Å². The first kappa shape index (κ1) is 18.7. The van der Waals surface area contributed by atoms with Crippen LogP contribution in [0.15, 0.2) is 97.1 Å². The van der Waals surface area contributed by atoms with E-state index in [9.17, 15) is 0 Å². The van der Waals surface area contributed by atoms with Crippen LogP contribution in [0.4, 0.5) is 11.4 Å². The van der Waals surface area contributed by atoms with Crippen LogP contribution in [0.25, 0.3) is 22.3 Å². The smallest absolute Gasteiger partial charge is 0.0408 e. The molecule has 1 nitrogen and oxygen atoms in total. The Morgan fingerprint density at radius 3 is 1.67 bits per heavy atom. The summed E-state index contributed by atoms with van der Waals surface area (Å²) < 4.78 is 0. The molecular formula is C29H27N. The molecule has 4 aromatic carbocycles. The predicted molar refractivity (Wildman–Crippen MR) is 128 cm³/mol. The molecule has 0 heterocycles. The van der Waals surface area contributed by atoms with Crippen molar-refractivity contribution in [1.82, 2.24) is 0 Å². The number of benzene rings is 4. The number of fused-ring (bicyclic) bond motifs is 1. The van der Waals surface area contributed by atoms with Crippen LogP contribution in [0.5, 0.6) is 0 Å². The fourth-order valence-electron chi connectivity index (χ4n) is 4.45. The first-order chi connectivity index (χ1) is 14.8. The molecule has 0 amide bonds. The average Bonchev–Trinajstić information content (AvgIpc) is 2.84. The van der Waals surface area contributed by atoms with Crippen LogP contribution >= 0.6 is 0 Å². The van der Waals surface area contributed by atoms with Gasteiger partial charge in [0, 0.05) is 18.4 Å². The number of rotatable bonds is 4. The minimum Gasteiger partial charge on any atom is -0.345 e. The molecule has 0 aromatic heterocycles. The van der Waals surface area contributed by atoms with Crippen molar-refractivity contribution in [3.05, 3.63) is 108 Å². The maximum absolute atomic E-state index is 2.40. The van der Waals surface area contributed by atoms with Gasteiger partial charge in [-0.15, -0.1) is 0 Å². The largest absolute Gasteiger partial charge is 0.345 e. The number of hydrogen-bond donors (Lipinski definition) is 0. The van der Waals surface area contributed by atoms with Gasteiger partial charge in [-0.3, -0.25) is 0 Å². The number of hydrogen-bond acceptors (Lipinski definition) is 1. The van der Waals surface area contributed by atoms with Crippen LogP contribution < -0.4 is 4.90 Å².